The van der Waals surface area contributed by atoms with E-state index in [0.717, 1.165) is 6.42 Å². The maximum absolute atomic E-state index is 12.4. The number of hydrogen-bond donors (Lipinski definition) is 0. The molecule has 0 fully saturated rings. The monoisotopic (exact) mass is 388 g/mol. The third kappa shape index (κ3) is 4.46. The zero-order chi connectivity index (χ0) is 19.2. The van der Waals surface area contributed by atoms with Crippen molar-refractivity contribution in [3.05, 3.63) is 57.5 Å². The van der Waals surface area contributed by atoms with Gasteiger partial charge < -0.3 is 14.2 Å². The molecule has 3 aromatic rings. The fourth-order valence-corrected chi connectivity index (χ4v) is 3.16. The summed E-state index contributed by atoms with van der Waals surface area (Å²) >= 11 is 1.34. The maximum Gasteiger partial charge on any atom is 0.338 e. The molecule has 1 aromatic carbocycles. The van der Waals surface area contributed by atoms with Gasteiger partial charge >= 0.3 is 5.97 Å². The van der Waals surface area contributed by atoms with Gasteiger partial charge in [0.05, 0.1) is 24.5 Å². The third-order valence-corrected chi connectivity index (χ3v) is 4.40. The van der Waals surface area contributed by atoms with Crippen LogP contribution in [0.15, 0.2) is 40.6 Å². The Morgan fingerprint density at radius 3 is 2.81 bits per heavy atom. The molecule has 0 saturated carbocycles. The summed E-state index contributed by atoms with van der Waals surface area (Å²) in [4.78, 5) is 29.2. The number of carbonyl (C=O) groups excluding carboxylic acids is 1. The Labute approximate surface area is 160 Å². The van der Waals surface area contributed by atoms with Crippen LogP contribution in [0.2, 0.25) is 0 Å². The summed E-state index contributed by atoms with van der Waals surface area (Å²) in [6, 6.07) is 6.28. The lowest BCUT2D eigenvalue weighted by Gasteiger charge is -2.12. The van der Waals surface area contributed by atoms with E-state index in [1.54, 1.807) is 29.8 Å². The SMILES string of the molecule is CCCOc1ccc(C(=O)OCc2cc(=O)n3ccsc3n2)cc1OCC. The van der Waals surface area contributed by atoms with Gasteiger partial charge in [-0.3, -0.25) is 9.20 Å². The van der Waals surface area contributed by atoms with Crippen molar-refractivity contribution in [2.45, 2.75) is 26.9 Å². The first-order chi connectivity index (χ1) is 13.1. The van der Waals surface area contributed by atoms with Crippen molar-refractivity contribution in [2.24, 2.45) is 0 Å². The second-order valence-corrected chi connectivity index (χ2v) is 6.53. The van der Waals surface area contributed by atoms with Crippen molar-refractivity contribution in [2.75, 3.05) is 13.2 Å². The molecule has 2 heterocycles. The van der Waals surface area contributed by atoms with E-state index in [4.69, 9.17) is 14.2 Å². The van der Waals surface area contributed by atoms with E-state index in [-0.39, 0.29) is 12.2 Å². The molecule has 27 heavy (non-hydrogen) atoms. The highest BCUT2D eigenvalue weighted by atomic mass is 32.1. The zero-order valence-corrected chi connectivity index (χ0v) is 16.0. The molecule has 3 rings (SSSR count). The first-order valence-corrected chi connectivity index (χ1v) is 9.53. The minimum absolute atomic E-state index is 0.0828. The average molecular weight is 388 g/mol. The second-order valence-electron chi connectivity index (χ2n) is 5.66. The van der Waals surface area contributed by atoms with Crippen LogP contribution in [0.4, 0.5) is 0 Å². The van der Waals surface area contributed by atoms with E-state index in [9.17, 15) is 9.59 Å². The Balaban J connectivity index is 1.72. The summed E-state index contributed by atoms with van der Waals surface area (Å²) in [5.74, 6) is 0.566. The summed E-state index contributed by atoms with van der Waals surface area (Å²) in [5.41, 5.74) is 0.545. The number of nitrogens with zero attached hydrogens (tertiary/aromatic N) is 2. The summed E-state index contributed by atoms with van der Waals surface area (Å²) in [7, 11) is 0. The van der Waals surface area contributed by atoms with Gasteiger partial charge in [-0.25, -0.2) is 9.78 Å². The number of rotatable bonds is 8. The van der Waals surface area contributed by atoms with Crippen molar-refractivity contribution >= 4 is 22.3 Å². The topological polar surface area (TPSA) is 79.1 Å². The van der Waals surface area contributed by atoms with Crippen LogP contribution in [0.1, 0.15) is 36.3 Å². The first kappa shape index (κ1) is 18.9. The number of thiazole rings is 1. The van der Waals surface area contributed by atoms with Crippen LogP contribution in [0.3, 0.4) is 0 Å². The number of fused-ring (bicyclic) bond motifs is 1. The van der Waals surface area contributed by atoms with Gasteiger partial charge in [0.15, 0.2) is 16.5 Å². The number of aromatic nitrogens is 2. The third-order valence-electron chi connectivity index (χ3n) is 3.65. The van der Waals surface area contributed by atoms with Crippen LogP contribution >= 0.6 is 11.3 Å². The minimum Gasteiger partial charge on any atom is -0.490 e. The Morgan fingerprint density at radius 1 is 1.19 bits per heavy atom. The number of esters is 1. The van der Waals surface area contributed by atoms with Gasteiger partial charge in [0, 0.05) is 17.6 Å². The van der Waals surface area contributed by atoms with Crippen molar-refractivity contribution in [3.8, 4) is 11.5 Å². The molecule has 142 valence electrons. The molecule has 8 heteroatoms. The van der Waals surface area contributed by atoms with Gasteiger partial charge in [0.1, 0.15) is 6.61 Å². The van der Waals surface area contributed by atoms with E-state index in [1.165, 1.54) is 21.8 Å². The average Bonchev–Trinajstić information content (AvgIpc) is 3.14. The molecule has 0 unspecified atom stereocenters. The standard InChI is InChI=1S/C19H20N2O5S/c1-3-8-25-15-6-5-13(10-16(15)24-4-2)18(23)26-12-14-11-17(22)21-7-9-27-19(21)20-14/h5-7,9-11H,3-4,8,12H2,1-2H3. The van der Waals surface area contributed by atoms with E-state index >= 15 is 0 Å². The van der Waals surface area contributed by atoms with E-state index in [2.05, 4.69) is 4.98 Å². The smallest absolute Gasteiger partial charge is 0.338 e. The number of carbonyl (C=O) groups is 1. The van der Waals surface area contributed by atoms with Gasteiger partial charge in [-0.2, -0.15) is 0 Å². The molecule has 2 aromatic heterocycles. The van der Waals surface area contributed by atoms with Gasteiger partial charge in [0.25, 0.3) is 5.56 Å². The second kappa shape index (κ2) is 8.68. The largest absolute Gasteiger partial charge is 0.490 e. The van der Waals surface area contributed by atoms with Crippen molar-refractivity contribution in [1.29, 1.82) is 0 Å². The normalized spacial score (nSPS) is 10.7. The lowest BCUT2D eigenvalue weighted by atomic mass is 10.2. The Kier molecular flexibility index (Phi) is 6.08. The molecular formula is C19H20N2O5S. The van der Waals surface area contributed by atoms with Crippen LogP contribution in [0.25, 0.3) is 4.96 Å². The predicted molar refractivity (Wildman–Crippen MR) is 102 cm³/mol. The molecule has 0 spiro atoms. The van der Waals surface area contributed by atoms with Gasteiger partial charge in [-0.15, -0.1) is 11.3 Å². The Bertz CT molecular complexity index is 995. The van der Waals surface area contributed by atoms with Crippen LogP contribution in [-0.2, 0) is 11.3 Å². The van der Waals surface area contributed by atoms with E-state index in [0.29, 0.717) is 40.9 Å². The fraction of sp³-hybridized carbons (Fsp3) is 0.316. The van der Waals surface area contributed by atoms with Gasteiger partial charge in [-0.1, -0.05) is 6.92 Å². The Morgan fingerprint density at radius 2 is 2.04 bits per heavy atom. The summed E-state index contributed by atoms with van der Waals surface area (Å²) < 4.78 is 17.9. The highest BCUT2D eigenvalue weighted by Crippen LogP contribution is 2.29. The molecular weight excluding hydrogens is 368 g/mol. The van der Waals surface area contributed by atoms with Crippen LogP contribution in [0, 0.1) is 0 Å². The van der Waals surface area contributed by atoms with Crippen molar-refractivity contribution in [3.63, 3.8) is 0 Å². The van der Waals surface area contributed by atoms with Crippen LogP contribution in [0.5, 0.6) is 11.5 Å². The predicted octanol–water partition coefficient (Wildman–Crippen LogP) is 3.30. The quantitative estimate of drug-likeness (QED) is 0.551. The number of ether oxygens (including phenoxy) is 3. The highest BCUT2D eigenvalue weighted by Gasteiger charge is 2.14. The van der Waals surface area contributed by atoms with Gasteiger partial charge in [0.2, 0.25) is 0 Å². The lowest BCUT2D eigenvalue weighted by Crippen LogP contribution is -2.14. The van der Waals surface area contributed by atoms with Crippen LogP contribution < -0.4 is 15.0 Å². The molecule has 0 aliphatic heterocycles. The molecule has 7 nitrogen and oxygen atoms in total. The van der Waals surface area contributed by atoms with Crippen LogP contribution in [-0.4, -0.2) is 28.6 Å². The molecule has 0 N–H and O–H groups in total. The van der Waals surface area contributed by atoms with Crippen molar-refractivity contribution < 1.29 is 19.0 Å². The van der Waals surface area contributed by atoms with E-state index < -0.39 is 5.97 Å². The molecule has 0 amide bonds. The first-order valence-electron chi connectivity index (χ1n) is 8.65. The zero-order valence-electron chi connectivity index (χ0n) is 15.1. The fourth-order valence-electron chi connectivity index (χ4n) is 2.42. The summed E-state index contributed by atoms with van der Waals surface area (Å²) in [6.45, 7) is 4.81. The summed E-state index contributed by atoms with van der Waals surface area (Å²) in [5, 5.41) is 1.77. The molecule has 0 aliphatic rings. The Hall–Kier alpha value is -2.87. The molecule has 0 radical (unpaired) electrons. The van der Waals surface area contributed by atoms with Gasteiger partial charge in [-0.05, 0) is 31.5 Å². The maximum atomic E-state index is 12.4. The molecule has 0 aliphatic carbocycles. The summed E-state index contributed by atoms with van der Waals surface area (Å²) in [6.07, 6.45) is 2.53. The van der Waals surface area contributed by atoms with Crippen molar-refractivity contribution in [1.82, 2.24) is 9.38 Å². The molecule has 0 atom stereocenters. The molecule has 0 saturated heterocycles. The van der Waals surface area contributed by atoms with E-state index in [1.807, 2.05) is 13.8 Å². The minimum atomic E-state index is -0.522. The number of hydrogen-bond acceptors (Lipinski definition) is 7. The molecule has 0 bridgehead atoms. The lowest BCUT2D eigenvalue weighted by molar-refractivity contribution is 0.0467. The highest BCUT2D eigenvalue weighted by molar-refractivity contribution is 7.15. The number of benzene rings is 1.